The standard InChI is InChI=1S/C22H24N4O2/c27-22(24-13-15-11-16-5-3-8-18(16)23-12-15)26-10-4-6-17(14-26)21-25-19-7-1-2-9-20(19)28-21/h1-2,7,9,11-12,17H,3-6,8,10,13-14H2,(H,24,27)/t17-/m0/s1. The molecule has 1 saturated heterocycles. The molecule has 6 nitrogen and oxygen atoms in total. The van der Waals surface area contributed by atoms with E-state index in [4.69, 9.17) is 4.42 Å². The van der Waals surface area contributed by atoms with Crippen molar-refractivity contribution < 1.29 is 9.21 Å². The van der Waals surface area contributed by atoms with Crippen LogP contribution in [0.15, 0.2) is 40.9 Å². The largest absolute Gasteiger partial charge is 0.440 e. The third-order valence-electron chi connectivity index (χ3n) is 5.79. The number of amides is 2. The van der Waals surface area contributed by atoms with E-state index in [0.717, 1.165) is 54.8 Å². The van der Waals surface area contributed by atoms with Gasteiger partial charge in [-0.15, -0.1) is 0 Å². The number of oxazole rings is 1. The van der Waals surface area contributed by atoms with Gasteiger partial charge in [-0.3, -0.25) is 4.98 Å². The Kier molecular flexibility index (Phi) is 4.47. The van der Waals surface area contributed by atoms with E-state index in [2.05, 4.69) is 21.4 Å². The number of hydrogen-bond donors (Lipinski definition) is 1. The van der Waals surface area contributed by atoms with Crippen molar-refractivity contribution in [2.24, 2.45) is 0 Å². The Hall–Kier alpha value is -2.89. The molecule has 1 atom stereocenters. The first-order valence-corrected chi connectivity index (χ1v) is 10.1. The number of urea groups is 1. The summed E-state index contributed by atoms with van der Waals surface area (Å²) in [5, 5.41) is 3.05. The average molecular weight is 376 g/mol. The van der Waals surface area contributed by atoms with Crippen LogP contribution in [0.4, 0.5) is 4.79 Å². The molecule has 2 amide bonds. The lowest BCUT2D eigenvalue weighted by molar-refractivity contribution is 0.174. The summed E-state index contributed by atoms with van der Waals surface area (Å²) in [6.07, 6.45) is 7.20. The molecule has 0 bridgehead atoms. The minimum atomic E-state index is -0.0266. The normalized spacial score (nSPS) is 19.0. The van der Waals surface area contributed by atoms with E-state index >= 15 is 0 Å². The van der Waals surface area contributed by atoms with Crippen molar-refractivity contribution in [3.8, 4) is 0 Å². The number of nitrogens with zero attached hydrogens (tertiary/aromatic N) is 3. The lowest BCUT2D eigenvalue weighted by Crippen LogP contribution is -2.44. The number of hydrogen-bond acceptors (Lipinski definition) is 4. The average Bonchev–Trinajstić information content (AvgIpc) is 3.38. The highest BCUT2D eigenvalue weighted by Crippen LogP contribution is 2.29. The molecule has 0 spiro atoms. The summed E-state index contributed by atoms with van der Waals surface area (Å²) in [6, 6.07) is 9.97. The van der Waals surface area contributed by atoms with E-state index in [0.29, 0.717) is 13.1 Å². The van der Waals surface area contributed by atoms with Crippen molar-refractivity contribution in [3.05, 3.63) is 59.2 Å². The fourth-order valence-electron chi connectivity index (χ4n) is 4.29. The van der Waals surface area contributed by atoms with E-state index in [1.807, 2.05) is 35.4 Å². The van der Waals surface area contributed by atoms with Crippen LogP contribution in [0.2, 0.25) is 0 Å². The highest BCUT2D eigenvalue weighted by molar-refractivity contribution is 5.74. The summed E-state index contributed by atoms with van der Waals surface area (Å²) in [5.41, 5.74) is 5.31. The molecule has 144 valence electrons. The number of carbonyl (C=O) groups is 1. The molecule has 1 N–H and O–H groups in total. The molecular formula is C22H24N4O2. The molecule has 5 rings (SSSR count). The first kappa shape index (κ1) is 17.2. The van der Waals surface area contributed by atoms with E-state index in [9.17, 15) is 4.79 Å². The second kappa shape index (κ2) is 7.26. The summed E-state index contributed by atoms with van der Waals surface area (Å²) >= 11 is 0. The quantitative estimate of drug-likeness (QED) is 0.755. The summed E-state index contributed by atoms with van der Waals surface area (Å²) in [6.45, 7) is 1.93. The zero-order chi connectivity index (χ0) is 18.9. The topological polar surface area (TPSA) is 71.3 Å². The Morgan fingerprint density at radius 1 is 1.25 bits per heavy atom. The van der Waals surface area contributed by atoms with Crippen LogP contribution in [-0.4, -0.2) is 34.0 Å². The molecule has 0 saturated carbocycles. The molecule has 1 aromatic carbocycles. The molecule has 3 aromatic rings. The van der Waals surface area contributed by atoms with Gasteiger partial charge in [0, 0.05) is 31.5 Å². The Bertz CT molecular complexity index is 980. The fourth-order valence-corrected chi connectivity index (χ4v) is 4.29. The first-order valence-electron chi connectivity index (χ1n) is 10.1. The maximum Gasteiger partial charge on any atom is 0.317 e. The number of pyridine rings is 1. The Labute approximate surface area is 164 Å². The zero-order valence-electron chi connectivity index (χ0n) is 15.9. The van der Waals surface area contributed by atoms with Crippen LogP contribution in [-0.2, 0) is 19.4 Å². The summed E-state index contributed by atoms with van der Waals surface area (Å²) < 4.78 is 5.93. The number of nitrogens with one attached hydrogen (secondary N) is 1. The maximum absolute atomic E-state index is 12.7. The van der Waals surface area contributed by atoms with Crippen molar-refractivity contribution in [1.82, 2.24) is 20.2 Å². The van der Waals surface area contributed by atoms with E-state index in [-0.39, 0.29) is 11.9 Å². The highest BCUT2D eigenvalue weighted by atomic mass is 16.3. The molecule has 6 heteroatoms. The molecule has 2 aromatic heterocycles. The second-order valence-electron chi connectivity index (χ2n) is 7.77. The molecule has 0 radical (unpaired) electrons. The van der Waals surface area contributed by atoms with Gasteiger partial charge in [-0.2, -0.15) is 0 Å². The van der Waals surface area contributed by atoms with Crippen LogP contribution in [0.1, 0.15) is 47.9 Å². The zero-order valence-corrected chi connectivity index (χ0v) is 15.9. The van der Waals surface area contributed by atoms with Gasteiger partial charge < -0.3 is 14.6 Å². The lowest BCUT2D eigenvalue weighted by atomic mass is 9.98. The van der Waals surface area contributed by atoms with Gasteiger partial charge in [0.1, 0.15) is 5.52 Å². The summed E-state index contributed by atoms with van der Waals surface area (Å²) in [7, 11) is 0. The minimum absolute atomic E-state index is 0.0266. The van der Waals surface area contributed by atoms with Crippen LogP contribution < -0.4 is 5.32 Å². The SMILES string of the molecule is O=C(NCc1cnc2c(c1)CCC2)N1CCC[C@H](c2nc3ccccc3o2)C1. The summed E-state index contributed by atoms with van der Waals surface area (Å²) in [5.74, 6) is 0.884. The van der Waals surface area contributed by atoms with Crippen LogP contribution in [0.5, 0.6) is 0 Å². The smallest absolute Gasteiger partial charge is 0.317 e. The molecule has 28 heavy (non-hydrogen) atoms. The van der Waals surface area contributed by atoms with Gasteiger partial charge in [-0.05, 0) is 55.4 Å². The third-order valence-corrected chi connectivity index (χ3v) is 5.79. The number of likely N-dealkylation sites (tertiary alicyclic amines) is 1. The van der Waals surface area contributed by atoms with Crippen molar-refractivity contribution >= 4 is 17.1 Å². The first-order chi connectivity index (χ1) is 13.8. The minimum Gasteiger partial charge on any atom is -0.440 e. The van der Waals surface area contributed by atoms with Gasteiger partial charge >= 0.3 is 6.03 Å². The molecule has 0 unspecified atom stereocenters. The number of aromatic nitrogens is 2. The lowest BCUT2D eigenvalue weighted by Gasteiger charge is -2.31. The predicted molar refractivity (Wildman–Crippen MR) is 106 cm³/mol. The van der Waals surface area contributed by atoms with Crippen LogP contribution in [0, 0.1) is 0 Å². The van der Waals surface area contributed by atoms with Gasteiger partial charge in [-0.1, -0.05) is 18.2 Å². The molecule has 3 heterocycles. The third kappa shape index (κ3) is 3.35. The van der Waals surface area contributed by atoms with Crippen molar-refractivity contribution in [1.29, 1.82) is 0 Å². The highest BCUT2D eigenvalue weighted by Gasteiger charge is 2.28. The number of rotatable bonds is 3. The Morgan fingerprint density at radius 3 is 3.11 bits per heavy atom. The van der Waals surface area contributed by atoms with Gasteiger partial charge in [0.05, 0.1) is 5.92 Å². The molecular weight excluding hydrogens is 352 g/mol. The number of carbonyl (C=O) groups excluding carboxylic acids is 1. The van der Waals surface area contributed by atoms with Crippen molar-refractivity contribution in [2.75, 3.05) is 13.1 Å². The van der Waals surface area contributed by atoms with E-state index in [1.165, 1.54) is 17.7 Å². The maximum atomic E-state index is 12.7. The molecule has 1 aliphatic heterocycles. The number of piperidine rings is 1. The Balaban J connectivity index is 1.22. The Morgan fingerprint density at radius 2 is 2.18 bits per heavy atom. The van der Waals surface area contributed by atoms with Crippen molar-refractivity contribution in [3.63, 3.8) is 0 Å². The van der Waals surface area contributed by atoms with E-state index < -0.39 is 0 Å². The van der Waals surface area contributed by atoms with Gasteiger partial charge in [0.2, 0.25) is 0 Å². The monoisotopic (exact) mass is 376 g/mol. The van der Waals surface area contributed by atoms with Gasteiger partial charge in [-0.25, -0.2) is 9.78 Å². The van der Waals surface area contributed by atoms with Crippen LogP contribution in [0.25, 0.3) is 11.1 Å². The predicted octanol–water partition coefficient (Wildman–Crippen LogP) is 3.80. The molecule has 1 fully saturated rings. The number of benzene rings is 1. The molecule has 1 aliphatic carbocycles. The molecule has 2 aliphatic rings. The van der Waals surface area contributed by atoms with Gasteiger partial charge in [0.25, 0.3) is 0 Å². The fraction of sp³-hybridized carbons (Fsp3) is 0.409. The second-order valence-corrected chi connectivity index (χ2v) is 7.77. The van der Waals surface area contributed by atoms with Crippen LogP contribution >= 0.6 is 0 Å². The van der Waals surface area contributed by atoms with E-state index in [1.54, 1.807) is 0 Å². The number of fused-ring (bicyclic) bond motifs is 2. The summed E-state index contributed by atoms with van der Waals surface area (Å²) in [4.78, 5) is 23.7. The van der Waals surface area contributed by atoms with Crippen molar-refractivity contribution in [2.45, 2.75) is 44.6 Å². The van der Waals surface area contributed by atoms with Crippen LogP contribution in [0.3, 0.4) is 0 Å². The van der Waals surface area contributed by atoms with Gasteiger partial charge in [0.15, 0.2) is 11.5 Å². The number of aryl methyl sites for hydroxylation is 2. The number of para-hydroxylation sites is 2.